The molecule has 23 heavy (non-hydrogen) atoms. The first-order valence-electron chi connectivity index (χ1n) is 7.71. The maximum Gasteiger partial charge on any atom is 0.260 e. The number of nitrogens with zero attached hydrogens (tertiary/aromatic N) is 1. The third-order valence-electron chi connectivity index (χ3n) is 4.09. The van der Waals surface area contributed by atoms with Crippen LogP contribution in [0.3, 0.4) is 0 Å². The molecule has 0 radical (unpaired) electrons. The molecule has 1 amide bonds. The van der Waals surface area contributed by atoms with E-state index in [-0.39, 0.29) is 11.9 Å². The predicted molar refractivity (Wildman–Crippen MR) is 95.6 cm³/mol. The molecular formula is C18H18Cl2N2O. The average molecular weight is 349 g/mol. The Balaban J connectivity index is 1.98. The van der Waals surface area contributed by atoms with Crippen molar-refractivity contribution < 1.29 is 4.79 Å². The van der Waals surface area contributed by atoms with Crippen LogP contribution in [0, 0.1) is 0 Å². The van der Waals surface area contributed by atoms with Gasteiger partial charge in [0, 0.05) is 16.8 Å². The minimum atomic E-state index is -0.0789. The summed E-state index contributed by atoms with van der Waals surface area (Å²) < 4.78 is 0. The zero-order valence-corrected chi connectivity index (χ0v) is 14.1. The van der Waals surface area contributed by atoms with Crippen LogP contribution in [0.2, 0.25) is 10.0 Å². The van der Waals surface area contributed by atoms with E-state index in [1.807, 2.05) is 35.2 Å². The summed E-state index contributed by atoms with van der Waals surface area (Å²) >= 11 is 12.2. The Hall–Kier alpha value is -1.55. The minimum absolute atomic E-state index is 0.0789. The molecule has 1 N–H and O–H groups in total. The van der Waals surface area contributed by atoms with Crippen LogP contribution in [0.5, 0.6) is 0 Å². The van der Waals surface area contributed by atoms with Crippen LogP contribution >= 0.6 is 23.2 Å². The molecule has 1 fully saturated rings. The van der Waals surface area contributed by atoms with E-state index in [0.29, 0.717) is 15.6 Å². The van der Waals surface area contributed by atoms with Gasteiger partial charge < -0.3 is 10.2 Å². The SMILES string of the molecule is O=C(c1ccc(Cl)cc1Cl)N(c1ccccc1)C1CCNCC1. The number of carbonyl (C=O) groups excluding carboxylic acids is 1. The molecule has 0 bridgehead atoms. The van der Waals surface area contributed by atoms with Gasteiger partial charge in [0.25, 0.3) is 5.91 Å². The quantitative estimate of drug-likeness (QED) is 0.891. The number of benzene rings is 2. The van der Waals surface area contributed by atoms with E-state index in [0.717, 1.165) is 31.6 Å². The summed E-state index contributed by atoms with van der Waals surface area (Å²) in [5.74, 6) is -0.0789. The largest absolute Gasteiger partial charge is 0.317 e. The first-order valence-corrected chi connectivity index (χ1v) is 8.47. The third-order valence-corrected chi connectivity index (χ3v) is 4.64. The van der Waals surface area contributed by atoms with Crippen molar-refractivity contribution in [2.45, 2.75) is 18.9 Å². The molecule has 1 heterocycles. The second kappa shape index (κ2) is 7.35. The van der Waals surface area contributed by atoms with Crippen LogP contribution in [0.4, 0.5) is 5.69 Å². The van der Waals surface area contributed by atoms with Gasteiger partial charge in [0.15, 0.2) is 0 Å². The van der Waals surface area contributed by atoms with E-state index in [1.165, 1.54) is 0 Å². The number of hydrogen-bond donors (Lipinski definition) is 1. The fourth-order valence-electron chi connectivity index (χ4n) is 2.94. The summed E-state index contributed by atoms with van der Waals surface area (Å²) in [6.45, 7) is 1.82. The number of halogens is 2. The molecule has 0 aliphatic carbocycles. The minimum Gasteiger partial charge on any atom is -0.317 e. The Labute approximate surface area is 146 Å². The summed E-state index contributed by atoms with van der Waals surface area (Å²) in [6, 6.07) is 14.9. The standard InChI is InChI=1S/C18H18Cl2N2O/c19-13-6-7-16(17(20)12-13)18(23)22(14-4-2-1-3-5-14)15-8-10-21-11-9-15/h1-7,12,15,21H,8-11H2. The Morgan fingerprint density at radius 3 is 2.39 bits per heavy atom. The molecule has 0 aromatic heterocycles. The summed E-state index contributed by atoms with van der Waals surface area (Å²) in [7, 11) is 0. The lowest BCUT2D eigenvalue weighted by atomic mass is 10.0. The number of carbonyl (C=O) groups is 1. The number of rotatable bonds is 3. The Morgan fingerprint density at radius 1 is 1.04 bits per heavy atom. The van der Waals surface area contributed by atoms with E-state index in [1.54, 1.807) is 18.2 Å². The van der Waals surface area contributed by atoms with Gasteiger partial charge in [0.2, 0.25) is 0 Å². The molecule has 2 aromatic rings. The van der Waals surface area contributed by atoms with Gasteiger partial charge in [0.05, 0.1) is 10.6 Å². The Bertz CT molecular complexity index is 685. The van der Waals surface area contributed by atoms with E-state index < -0.39 is 0 Å². The topological polar surface area (TPSA) is 32.3 Å². The molecule has 0 atom stereocenters. The van der Waals surface area contributed by atoms with E-state index in [9.17, 15) is 4.79 Å². The summed E-state index contributed by atoms with van der Waals surface area (Å²) in [6.07, 6.45) is 1.84. The van der Waals surface area contributed by atoms with Gasteiger partial charge in [-0.15, -0.1) is 0 Å². The molecule has 120 valence electrons. The van der Waals surface area contributed by atoms with Gasteiger partial charge in [-0.25, -0.2) is 0 Å². The highest BCUT2D eigenvalue weighted by Crippen LogP contribution is 2.28. The lowest BCUT2D eigenvalue weighted by molar-refractivity contribution is 0.0972. The van der Waals surface area contributed by atoms with Crippen LogP contribution in [-0.4, -0.2) is 25.0 Å². The zero-order valence-electron chi connectivity index (χ0n) is 12.6. The molecule has 0 unspecified atom stereocenters. The van der Waals surface area contributed by atoms with Crippen LogP contribution in [0.1, 0.15) is 23.2 Å². The monoisotopic (exact) mass is 348 g/mol. The summed E-state index contributed by atoms with van der Waals surface area (Å²) in [5.41, 5.74) is 1.38. The molecule has 3 rings (SSSR count). The van der Waals surface area contributed by atoms with Gasteiger partial charge in [-0.3, -0.25) is 4.79 Å². The predicted octanol–water partition coefficient (Wildman–Crippen LogP) is 4.39. The highest BCUT2D eigenvalue weighted by Gasteiger charge is 2.28. The smallest absolute Gasteiger partial charge is 0.260 e. The second-order valence-corrected chi connectivity index (χ2v) is 6.46. The van der Waals surface area contributed by atoms with Crippen molar-refractivity contribution in [2.24, 2.45) is 0 Å². The van der Waals surface area contributed by atoms with Crippen molar-refractivity contribution in [3.05, 3.63) is 64.1 Å². The highest BCUT2D eigenvalue weighted by atomic mass is 35.5. The number of para-hydroxylation sites is 1. The van der Waals surface area contributed by atoms with Crippen LogP contribution in [0.15, 0.2) is 48.5 Å². The molecule has 3 nitrogen and oxygen atoms in total. The molecule has 1 aliphatic heterocycles. The highest BCUT2D eigenvalue weighted by molar-refractivity contribution is 6.37. The molecule has 5 heteroatoms. The van der Waals surface area contributed by atoms with Gasteiger partial charge in [-0.05, 0) is 56.3 Å². The molecule has 0 saturated carbocycles. The van der Waals surface area contributed by atoms with Crippen molar-refractivity contribution in [3.8, 4) is 0 Å². The Kier molecular flexibility index (Phi) is 5.21. The molecule has 1 saturated heterocycles. The lowest BCUT2D eigenvalue weighted by Crippen LogP contribution is -2.46. The fourth-order valence-corrected chi connectivity index (χ4v) is 3.43. The molecule has 1 aliphatic rings. The summed E-state index contributed by atoms with van der Waals surface area (Å²) in [4.78, 5) is 15.0. The molecular weight excluding hydrogens is 331 g/mol. The Morgan fingerprint density at radius 2 is 1.74 bits per heavy atom. The zero-order chi connectivity index (χ0) is 16.2. The van der Waals surface area contributed by atoms with Crippen molar-refractivity contribution >= 4 is 34.8 Å². The average Bonchev–Trinajstić information content (AvgIpc) is 2.57. The second-order valence-electron chi connectivity index (χ2n) is 5.62. The van der Waals surface area contributed by atoms with Gasteiger partial charge in [0.1, 0.15) is 0 Å². The maximum absolute atomic E-state index is 13.2. The van der Waals surface area contributed by atoms with Crippen LogP contribution in [-0.2, 0) is 0 Å². The van der Waals surface area contributed by atoms with E-state index in [2.05, 4.69) is 5.32 Å². The number of piperidine rings is 1. The number of nitrogens with one attached hydrogen (secondary N) is 1. The third kappa shape index (κ3) is 3.69. The van der Waals surface area contributed by atoms with Crippen molar-refractivity contribution in [3.63, 3.8) is 0 Å². The number of anilines is 1. The van der Waals surface area contributed by atoms with Crippen molar-refractivity contribution in [1.29, 1.82) is 0 Å². The first kappa shape index (κ1) is 16.3. The lowest BCUT2D eigenvalue weighted by Gasteiger charge is -2.35. The molecule has 2 aromatic carbocycles. The normalized spacial score (nSPS) is 15.4. The fraction of sp³-hybridized carbons (Fsp3) is 0.278. The number of amides is 1. The van der Waals surface area contributed by atoms with E-state index >= 15 is 0 Å². The first-order chi connectivity index (χ1) is 11.2. The van der Waals surface area contributed by atoms with Crippen LogP contribution < -0.4 is 10.2 Å². The van der Waals surface area contributed by atoms with Gasteiger partial charge in [-0.1, -0.05) is 41.4 Å². The van der Waals surface area contributed by atoms with E-state index in [4.69, 9.17) is 23.2 Å². The van der Waals surface area contributed by atoms with Crippen molar-refractivity contribution in [2.75, 3.05) is 18.0 Å². The maximum atomic E-state index is 13.2. The number of hydrogen-bond acceptors (Lipinski definition) is 2. The van der Waals surface area contributed by atoms with Gasteiger partial charge >= 0.3 is 0 Å². The van der Waals surface area contributed by atoms with Crippen molar-refractivity contribution in [1.82, 2.24) is 5.32 Å². The molecule has 0 spiro atoms. The van der Waals surface area contributed by atoms with Crippen LogP contribution in [0.25, 0.3) is 0 Å². The van der Waals surface area contributed by atoms with Gasteiger partial charge in [-0.2, -0.15) is 0 Å². The summed E-state index contributed by atoms with van der Waals surface area (Å²) in [5, 5.41) is 4.25.